The topological polar surface area (TPSA) is 37.4 Å². The zero-order valence-electron chi connectivity index (χ0n) is 12.9. The van der Waals surface area contributed by atoms with E-state index in [9.17, 15) is 0 Å². The molecule has 2 aromatic rings. The second kappa shape index (κ2) is 7.83. The SMILES string of the molecule is CC1CN(C(CNCc2ccncc2)c2cccs2)CCO1. The predicted octanol–water partition coefficient (Wildman–Crippen LogP) is 2.69. The first kappa shape index (κ1) is 15.6. The van der Waals surface area contributed by atoms with Crippen molar-refractivity contribution in [2.75, 3.05) is 26.2 Å². The lowest BCUT2D eigenvalue weighted by atomic mass is 10.1. The number of thiophene rings is 1. The maximum Gasteiger partial charge on any atom is 0.0674 e. The molecule has 0 spiro atoms. The molecule has 1 aliphatic heterocycles. The predicted molar refractivity (Wildman–Crippen MR) is 90.0 cm³/mol. The average molecular weight is 317 g/mol. The van der Waals surface area contributed by atoms with E-state index in [4.69, 9.17) is 4.74 Å². The summed E-state index contributed by atoms with van der Waals surface area (Å²) < 4.78 is 5.68. The molecule has 22 heavy (non-hydrogen) atoms. The number of ether oxygens (including phenoxy) is 1. The molecule has 1 aliphatic rings. The number of pyridine rings is 1. The van der Waals surface area contributed by atoms with E-state index in [-0.39, 0.29) is 0 Å². The second-order valence-electron chi connectivity index (χ2n) is 5.69. The monoisotopic (exact) mass is 317 g/mol. The van der Waals surface area contributed by atoms with Crippen LogP contribution in [-0.4, -0.2) is 42.2 Å². The van der Waals surface area contributed by atoms with E-state index in [2.05, 4.69) is 51.8 Å². The van der Waals surface area contributed by atoms with Crippen molar-refractivity contribution < 1.29 is 4.74 Å². The maximum atomic E-state index is 5.68. The Morgan fingerprint density at radius 2 is 2.27 bits per heavy atom. The summed E-state index contributed by atoms with van der Waals surface area (Å²) in [6, 6.07) is 8.92. The third-order valence-electron chi connectivity index (χ3n) is 4.00. The molecular weight excluding hydrogens is 294 g/mol. The van der Waals surface area contributed by atoms with Gasteiger partial charge in [0.05, 0.1) is 18.8 Å². The van der Waals surface area contributed by atoms with Crippen LogP contribution in [0.1, 0.15) is 23.4 Å². The van der Waals surface area contributed by atoms with Crippen molar-refractivity contribution in [1.29, 1.82) is 0 Å². The lowest BCUT2D eigenvalue weighted by Crippen LogP contribution is -2.45. The number of nitrogens with one attached hydrogen (secondary N) is 1. The van der Waals surface area contributed by atoms with Gasteiger partial charge in [0, 0.05) is 43.4 Å². The molecule has 118 valence electrons. The Labute approximate surface area is 136 Å². The Hall–Kier alpha value is -1.27. The molecule has 1 N–H and O–H groups in total. The summed E-state index contributed by atoms with van der Waals surface area (Å²) in [5.74, 6) is 0. The first-order chi connectivity index (χ1) is 10.8. The summed E-state index contributed by atoms with van der Waals surface area (Å²) in [7, 11) is 0. The van der Waals surface area contributed by atoms with Crippen LogP contribution in [0, 0.1) is 0 Å². The first-order valence-electron chi connectivity index (χ1n) is 7.81. The normalized spacial score (nSPS) is 20.9. The van der Waals surface area contributed by atoms with Gasteiger partial charge in [0.2, 0.25) is 0 Å². The fraction of sp³-hybridized carbons (Fsp3) is 0.471. The van der Waals surface area contributed by atoms with Gasteiger partial charge in [-0.2, -0.15) is 0 Å². The highest BCUT2D eigenvalue weighted by atomic mass is 32.1. The van der Waals surface area contributed by atoms with Crippen LogP contribution < -0.4 is 5.32 Å². The van der Waals surface area contributed by atoms with Crippen molar-refractivity contribution in [3.05, 3.63) is 52.5 Å². The van der Waals surface area contributed by atoms with Gasteiger partial charge >= 0.3 is 0 Å². The van der Waals surface area contributed by atoms with Crippen LogP contribution in [0.25, 0.3) is 0 Å². The smallest absolute Gasteiger partial charge is 0.0674 e. The number of nitrogens with zero attached hydrogens (tertiary/aromatic N) is 2. The van der Waals surface area contributed by atoms with Crippen LogP contribution in [0.5, 0.6) is 0 Å². The summed E-state index contributed by atoms with van der Waals surface area (Å²) in [5.41, 5.74) is 1.27. The highest BCUT2D eigenvalue weighted by Gasteiger charge is 2.25. The van der Waals surface area contributed by atoms with Crippen molar-refractivity contribution in [2.45, 2.75) is 25.6 Å². The van der Waals surface area contributed by atoms with Crippen LogP contribution in [0.15, 0.2) is 42.0 Å². The van der Waals surface area contributed by atoms with Crippen LogP contribution in [0.2, 0.25) is 0 Å². The van der Waals surface area contributed by atoms with Gasteiger partial charge in [-0.3, -0.25) is 9.88 Å². The van der Waals surface area contributed by atoms with Crippen molar-refractivity contribution in [2.24, 2.45) is 0 Å². The number of hydrogen-bond donors (Lipinski definition) is 1. The average Bonchev–Trinajstić information content (AvgIpc) is 3.07. The molecule has 0 aromatic carbocycles. The molecule has 4 nitrogen and oxygen atoms in total. The summed E-state index contributed by atoms with van der Waals surface area (Å²) in [6.45, 7) is 6.82. The minimum Gasteiger partial charge on any atom is -0.376 e. The number of morpholine rings is 1. The van der Waals surface area contributed by atoms with E-state index in [1.807, 2.05) is 23.7 Å². The maximum absolute atomic E-state index is 5.68. The van der Waals surface area contributed by atoms with Crippen LogP contribution in [-0.2, 0) is 11.3 Å². The molecule has 2 aromatic heterocycles. The summed E-state index contributed by atoms with van der Waals surface area (Å²) in [6.07, 6.45) is 4.01. The molecular formula is C17H23N3OS. The Balaban J connectivity index is 1.61. The van der Waals surface area contributed by atoms with Gasteiger partial charge in [0.25, 0.3) is 0 Å². The molecule has 2 atom stereocenters. The van der Waals surface area contributed by atoms with Crippen molar-refractivity contribution in [1.82, 2.24) is 15.2 Å². The number of hydrogen-bond acceptors (Lipinski definition) is 5. The van der Waals surface area contributed by atoms with E-state index in [0.29, 0.717) is 12.1 Å². The van der Waals surface area contributed by atoms with E-state index in [1.54, 1.807) is 0 Å². The Morgan fingerprint density at radius 1 is 1.41 bits per heavy atom. The molecule has 1 fully saturated rings. The highest BCUT2D eigenvalue weighted by Crippen LogP contribution is 2.26. The summed E-state index contributed by atoms with van der Waals surface area (Å²) in [4.78, 5) is 8.03. The minimum absolute atomic E-state index is 0.316. The molecule has 3 heterocycles. The fourth-order valence-electron chi connectivity index (χ4n) is 2.87. The van der Waals surface area contributed by atoms with E-state index in [1.165, 1.54) is 10.4 Å². The molecule has 0 radical (unpaired) electrons. The molecule has 2 unspecified atom stereocenters. The van der Waals surface area contributed by atoms with Crippen molar-refractivity contribution in [3.8, 4) is 0 Å². The Morgan fingerprint density at radius 3 is 3.00 bits per heavy atom. The molecule has 1 saturated heterocycles. The van der Waals surface area contributed by atoms with Crippen LogP contribution in [0.4, 0.5) is 0 Å². The van der Waals surface area contributed by atoms with E-state index >= 15 is 0 Å². The van der Waals surface area contributed by atoms with E-state index in [0.717, 1.165) is 32.8 Å². The Bertz CT molecular complexity index is 546. The van der Waals surface area contributed by atoms with Gasteiger partial charge in [-0.1, -0.05) is 6.07 Å². The number of rotatable bonds is 6. The molecule has 0 aliphatic carbocycles. The molecule has 0 bridgehead atoms. The highest BCUT2D eigenvalue weighted by molar-refractivity contribution is 7.10. The van der Waals surface area contributed by atoms with Crippen LogP contribution >= 0.6 is 11.3 Å². The minimum atomic E-state index is 0.316. The lowest BCUT2D eigenvalue weighted by molar-refractivity contribution is -0.0339. The third kappa shape index (κ3) is 4.14. The van der Waals surface area contributed by atoms with Crippen molar-refractivity contribution in [3.63, 3.8) is 0 Å². The molecule has 0 amide bonds. The summed E-state index contributed by atoms with van der Waals surface area (Å²) >= 11 is 1.84. The lowest BCUT2D eigenvalue weighted by Gasteiger charge is -2.37. The van der Waals surface area contributed by atoms with E-state index < -0.39 is 0 Å². The first-order valence-corrected chi connectivity index (χ1v) is 8.69. The van der Waals surface area contributed by atoms with Crippen LogP contribution in [0.3, 0.4) is 0 Å². The molecule has 0 saturated carbocycles. The van der Waals surface area contributed by atoms with Gasteiger partial charge in [0.1, 0.15) is 0 Å². The van der Waals surface area contributed by atoms with Gasteiger partial charge in [0.15, 0.2) is 0 Å². The van der Waals surface area contributed by atoms with Crippen molar-refractivity contribution >= 4 is 11.3 Å². The zero-order valence-corrected chi connectivity index (χ0v) is 13.8. The van der Waals surface area contributed by atoms with Gasteiger partial charge in [-0.15, -0.1) is 11.3 Å². The second-order valence-corrected chi connectivity index (χ2v) is 6.67. The van der Waals surface area contributed by atoms with Gasteiger partial charge in [-0.25, -0.2) is 0 Å². The largest absolute Gasteiger partial charge is 0.376 e. The standard InChI is InChI=1S/C17H23N3OS/c1-14-13-20(8-9-21-14)16(17-3-2-10-22-17)12-19-11-15-4-6-18-7-5-15/h2-7,10,14,16,19H,8-9,11-13H2,1H3. The Kier molecular flexibility index (Phi) is 5.56. The third-order valence-corrected chi connectivity index (χ3v) is 4.97. The zero-order chi connectivity index (χ0) is 15.2. The fourth-order valence-corrected chi connectivity index (χ4v) is 3.73. The summed E-state index contributed by atoms with van der Waals surface area (Å²) in [5, 5.41) is 5.76. The quantitative estimate of drug-likeness (QED) is 0.889. The molecule has 5 heteroatoms. The van der Waals surface area contributed by atoms with Gasteiger partial charge < -0.3 is 10.1 Å². The number of aromatic nitrogens is 1. The van der Waals surface area contributed by atoms with Gasteiger partial charge in [-0.05, 0) is 36.1 Å². The molecule has 3 rings (SSSR count).